The summed E-state index contributed by atoms with van der Waals surface area (Å²) in [4.78, 5) is 4.70. The molecule has 1 nitrogen and oxygen atoms in total. The Balaban J connectivity index is 2.14. The lowest BCUT2D eigenvalue weighted by Gasteiger charge is -2.17. The molecular weight excluding hydrogens is 302 g/mol. The van der Waals surface area contributed by atoms with Gasteiger partial charge in [0.05, 0.1) is 0 Å². The molecule has 0 radical (unpaired) electrons. The van der Waals surface area contributed by atoms with E-state index in [0.717, 1.165) is 13.0 Å². The topological polar surface area (TPSA) is 12.4 Å². The van der Waals surface area contributed by atoms with E-state index in [1.807, 2.05) is 0 Å². The Kier molecular flexibility index (Phi) is 5.22. The third-order valence-corrected chi connectivity index (χ3v) is 5.72. The Morgan fingerprint density at radius 2 is 1.68 bits per heavy atom. The summed E-state index contributed by atoms with van der Waals surface area (Å²) in [5.74, 6) is 0.476. The Morgan fingerprint density at radius 1 is 1.00 bits per heavy atom. The molecule has 0 aliphatic heterocycles. The molecule has 3 rings (SSSR count). The maximum Gasteiger partial charge on any atom is 0.0389 e. The number of benzene rings is 2. The Bertz CT molecular complexity index is 880. The second kappa shape index (κ2) is 7.39. The zero-order chi connectivity index (χ0) is 18.0. The minimum atomic E-state index is 0.476. The number of aliphatic imine (C=N–C) groups is 1. The van der Waals surface area contributed by atoms with E-state index in [4.69, 9.17) is 4.99 Å². The van der Waals surface area contributed by atoms with E-state index in [1.165, 1.54) is 50.6 Å². The predicted octanol–water partition coefficient (Wildman–Crippen LogP) is 6.82. The van der Waals surface area contributed by atoms with Gasteiger partial charge < -0.3 is 0 Å². The van der Waals surface area contributed by atoms with Crippen LogP contribution in [-0.4, -0.2) is 12.8 Å². The van der Waals surface area contributed by atoms with E-state index in [1.54, 1.807) is 0 Å². The maximum absolute atomic E-state index is 4.70. The number of allylic oxidation sites excluding steroid dienone is 4. The average molecular weight is 332 g/mol. The van der Waals surface area contributed by atoms with Crippen molar-refractivity contribution in [3.05, 3.63) is 64.2 Å². The van der Waals surface area contributed by atoms with Gasteiger partial charge in [-0.05, 0) is 72.4 Å². The van der Waals surface area contributed by atoms with Crippen LogP contribution in [0.4, 0.5) is 0 Å². The van der Waals surface area contributed by atoms with Crippen molar-refractivity contribution >= 4 is 22.6 Å². The number of hydrogen-bond donors (Lipinski definition) is 0. The molecule has 1 heteroatoms. The molecule has 1 aliphatic carbocycles. The van der Waals surface area contributed by atoms with Gasteiger partial charge in [-0.3, -0.25) is 4.99 Å². The van der Waals surface area contributed by atoms with Crippen LogP contribution in [0, 0.1) is 5.92 Å². The van der Waals surface area contributed by atoms with E-state index in [2.05, 4.69) is 77.2 Å². The molecule has 0 saturated heterocycles. The van der Waals surface area contributed by atoms with Crippen LogP contribution in [0.1, 0.15) is 58.6 Å². The summed E-state index contributed by atoms with van der Waals surface area (Å²) >= 11 is 0. The Labute approximate surface area is 152 Å². The van der Waals surface area contributed by atoms with Gasteiger partial charge in [0.15, 0.2) is 0 Å². The molecule has 2 aromatic carbocycles. The first kappa shape index (κ1) is 17.7. The monoisotopic (exact) mass is 331 g/mol. The fraction of sp³-hybridized carbons (Fsp3) is 0.375. The number of rotatable bonds is 5. The summed E-state index contributed by atoms with van der Waals surface area (Å²) in [5.41, 5.74) is 8.44. The third kappa shape index (κ3) is 3.33. The van der Waals surface area contributed by atoms with E-state index in [9.17, 15) is 0 Å². The summed E-state index contributed by atoms with van der Waals surface area (Å²) in [6.07, 6.45) is 4.43. The molecule has 2 aromatic rings. The highest BCUT2D eigenvalue weighted by Crippen LogP contribution is 2.43. The summed E-state index contributed by atoms with van der Waals surface area (Å²) in [6.45, 7) is 12.2. The van der Waals surface area contributed by atoms with Crippen molar-refractivity contribution in [1.29, 1.82) is 0 Å². The van der Waals surface area contributed by atoms with Crippen molar-refractivity contribution in [2.45, 2.75) is 47.5 Å². The summed E-state index contributed by atoms with van der Waals surface area (Å²) in [7, 11) is 0. The van der Waals surface area contributed by atoms with Crippen molar-refractivity contribution in [2.24, 2.45) is 10.9 Å². The lowest BCUT2D eigenvalue weighted by molar-refractivity contribution is 0.810. The summed E-state index contributed by atoms with van der Waals surface area (Å²) in [5, 5.41) is 2.59. The molecule has 0 amide bonds. The molecule has 0 spiro atoms. The van der Waals surface area contributed by atoms with Crippen LogP contribution in [0.15, 0.2) is 58.1 Å². The molecule has 25 heavy (non-hydrogen) atoms. The van der Waals surface area contributed by atoms with Crippen molar-refractivity contribution in [1.82, 2.24) is 0 Å². The minimum absolute atomic E-state index is 0.476. The zero-order valence-electron chi connectivity index (χ0n) is 16.2. The van der Waals surface area contributed by atoms with E-state index in [0.29, 0.717) is 5.92 Å². The van der Waals surface area contributed by atoms with Gasteiger partial charge >= 0.3 is 0 Å². The molecule has 0 aromatic heterocycles. The molecule has 0 heterocycles. The molecule has 0 N–H and O–H groups in total. The number of nitrogens with zero attached hydrogens (tertiary/aromatic N) is 1. The molecule has 0 fully saturated rings. The molecule has 1 aliphatic rings. The van der Waals surface area contributed by atoms with Crippen LogP contribution in [0.5, 0.6) is 0 Å². The predicted molar refractivity (Wildman–Crippen MR) is 111 cm³/mol. The highest BCUT2D eigenvalue weighted by molar-refractivity contribution is 5.99. The number of hydrogen-bond acceptors (Lipinski definition) is 1. The largest absolute Gasteiger partial charge is 0.293 e. The lowest BCUT2D eigenvalue weighted by Crippen LogP contribution is -2.01. The van der Waals surface area contributed by atoms with Crippen LogP contribution in [-0.2, 0) is 0 Å². The van der Waals surface area contributed by atoms with E-state index >= 15 is 0 Å². The van der Waals surface area contributed by atoms with Gasteiger partial charge in [-0.25, -0.2) is 0 Å². The first-order valence-electron chi connectivity index (χ1n) is 9.46. The van der Waals surface area contributed by atoms with Gasteiger partial charge in [-0.15, -0.1) is 0 Å². The van der Waals surface area contributed by atoms with Crippen LogP contribution >= 0.6 is 0 Å². The van der Waals surface area contributed by atoms with Crippen LogP contribution in [0.25, 0.3) is 16.3 Å². The zero-order valence-corrected chi connectivity index (χ0v) is 16.2. The maximum atomic E-state index is 4.70. The minimum Gasteiger partial charge on any atom is -0.293 e. The second-order valence-corrected chi connectivity index (χ2v) is 7.24. The lowest BCUT2D eigenvalue weighted by atomic mass is 9.87. The molecule has 0 bridgehead atoms. The van der Waals surface area contributed by atoms with Crippen LogP contribution in [0.3, 0.4) is 0 Å². The fourth-order valence-corrected chi connectivity index (χ4v) is 3.81. The molecule has 1 unspecified atom stereocenters. The van der Waals surface area contributed by atoms with Crippen molar-refractivity contribution in [3.63, 3.8) is 0 Å². The van der Waals surface area contributed by atoms with Crippen molar-refractivity contribution in [3.8, 4) is 0 Å². The average Bonchev–Trinajstić information content (AvgIpc) is 2.81. The summed E-state index contributed by atoms with van der Waals surface area (Å²) in [6, 6.07) is 13.3. The summed E-state index contributed by atoms with van der Waals surface area (Å²) < 4.78 is 0. The molecular formula is C24H29N. The molecule has 1 atom stereocenters. The van der Waals surface area contributed by atoms with Gasteiger partial charge in [0.25, 0.3) is 0 Å². The SMILES string of the molecule is CCCCN=Cc1cc2ccccc2cc1C1=C(C)C(C)=C(C)C1C. The van der Waals surface area contributed by atoms with Gasteiger partial charge in [0.1, 0.15) is 0 Å². The van der Waals surface area contributed by atoms with Crippen molar-refractivity contribution < 1.29 is 0 Å². The van der Waals surface area contributed by atoms with Gasteiger partial charge in [-0.2, -0.15) is 0 Å². The van der Waals surface area contributed by atoms with Crippen LogP contribution < -0.4 is 0 Å². The molecule has 0 saturated carbocycles. The van der Waals surface area contributed by atoms with Gasteiger partial charge in [-0.1, -0.05) is 50.1 Å². The second-order valence-electron chi connectivity index (χ2n) is 7.24. The first-order valence-corrected chi connectivity index (χ1v) is 9.46. The quantitative estimate of drug-likeness (QED) is 0.421. The standard InChI is InChI=1S/C24H29N/c1-6-7-12-25-15-22-13-20-10-8-9-11-21(20)14-23(22)24-18(4)16(2)17(3)19(24)5/h8-11,13-15,18H,6-7,12H2,1-5H3. The Hall–Kier alpha value is -2.15. The van der Waals surface area contributed by atoms with E-state index < -0.39 is 0 Å². The molecule has 130 valence electrons. The van der Waals surface area contributed by atoms with Gasteiger partial charge in [0, 0.05) is 24.2 Å². The van der Waals surface area contributed by atoms with Crippen LogP contribution in [0.2, 0.25) is 0 Å². The highest BCUT2D eigenvalue weighted by Gasteiger charge is 2.26. The third-order valence-electron chi connectivity index (χ3n) is 5.72. The number of unbranched alkanes of at least 4 members (excludes halogenated alkanes) is 1. The normalized spacial score (nSPS) is 18.2. The first-order chi connectivity index (χ1) is 12.0. The van der Waals surface area contributed by atoms with E-state index in [-0.39, 0.29) is 0 Å². The fourth-order valence-electron chi connectivity index (χ4n) is 3.81. The smallest absolute Gasteiger partial charge is 0.0389 e. The van der Waals surface area contributed by atoms with Gasteiger partial charge in [0.2, 0.25) is 0 Å². The van der Waals surface area contributed by atoms with Crippen molar-refractivity contribution in [2.75, 3.05) is 6.54 Å². The highest BCUT2D eigenvalue weighted by atomic mass is 14.7. The Morgan fingerprint density at radius 3 is 2.28 bits per heavy atom. The number of fused-ring (bicyclic) bond motifs is 1.